The van der Waals surface area contributed by atoms with Gasteiger partial charge in [0.2, 0.25) is 0 Å². The molecule has 0 saturated carbocycles. The largest absolute Gasteiger partial charge is 0.315 e. The molecule has 22 heavy (non-hydrogen) atoms. The molecule has 4 nitrogen and oxygen atoms in total. The van der Waals surface area contributed by atoms with Crippen molar-refractivity contribution in [1.82, 2.24) is 20.2 Å². The fourth-order valence-corrected chi connectivity index (χ4v) is 3.04. The lowest BCUT2D eigenvalue weighted by Gasteiger charge is -2.30. The summed E-state index contributed by atoms with van der Waals surface area (Å²) in [6.07, 6.45) is 8.01. The molecule has 4 heteroatoms. The third-order valence-electron chi connectivity index (χ3n) is 4.28. The van der Waals surface area contributed by atoms with Gasteiger partial charge in [-0.1, -0.05) is 19.1 Å². The molecule has 0 radical (unpaired) electrons. The minimum Gasteiger partial charge on any atom is -0.315 e. The Bertz CT molecular complexity index is 559. The molecule has 3 rings (SSSR count). The molecule has 1 saturated heterocycles. The van der Waals surface area contributed by atoms with Crippen LogP contribution in [-0.4, -0.2) is 41.0 Å². The van der Waals surface area contributed by atoms with Gasteiger partial charge in [0.05, 0.1) is 11.7 Å². The summed E-state index contributed by atoms with van der Waals surface area (Å²) in [6.45, 7) is 6.42. The average molecular weight is 296 g/mol. The number of aromatic nitrogens is 2. The molecule has 0 aromatic carbocycles. The van der Waals surface area contributed by atoms with E-state index >= 15 is 0 Å². The summed E-state index contributed by atoms with van der Waals surface area (Å²) in [6, 6.07) is 8.74. The first kappa shape index (κ1) is 15.1. The summed E-state index contributed by atoms with van der Waals surface area (Å²) < 4.78 is 0. The molecule has 0 bridgehead atoms. The summed E-state index contributed by atoms with van der Waals surface area (Å²) in [5, 5.41) is 3.48. The predicted octanol–water partition coefficient (Wildman–Crippen LogP) is 2.42. The minimum atomic E-state index is 0.194. The number of nitrogens with zero attached hydrogens (tertiary/aromatic N) is 3. The zero-order valence-electron chi connectivity index (χ0n) is 13.2. The molecule has 1 fully saturated rings. The van der Waals surface area contributed by atoms with E-state index in [1.165, 1.54) is 17.5 Å². The van der Waals surface area contributed by atoms with Crippen LogP contribution in [0.5, 0.6) is 0 Å². The van der Waals surface area contributed by atoms with E-state index in [4.69, 9.17) is 4.98 Å². The van der Waals surface area contributed by atoms with Crippen molar-refractivity contribution in [3.63, 3.8) is 0 Å². The van der Waals surface area contributed by atoms with Gasteiger partial charge in [-0.3, -0.25) is 14.9 Å². The first-order valence-corrected chi connectivity index (χ1v) is 8.18. The van der Waals surface area contributed by atoms with Crippen LogP contribution in [0, 0.1) is 0 Å². The highest BCUT2D eigenvalue weighted by Gasteiger charge is 2.24. The molecule has 1 unspecified atom stereocenters. The van der Waals surface area contributed by atoms with Crippen LogP contribution in [0.3, 0.4) is 0 Å². The Hall–Kier alpha value is -1.78. The second kappa shape index (κ2) is 7.47. The van der Waals surface area contributed by atoms with Gasteiger partial charge >= 0.3 is 0 Å². The maximum atomic E-state index is 4.74. The molecule has 0 amide bonds. The average Bonchev–Trinajstić information content (AvgIpc) is 2.86. The lowest BCUT2D eigenvalue weighted by Crippen LogP contribution is -2.33. The predicted molar refractivity (Wildman–Crippen MR) is 88.8 cm³/mol. The third kappa shape index (κ3) is 3.51. The maximum absolute atomic E-state index is 4.74. The van der Waals surface area contributed by atoms with Crippen LogP contribution in [0.2, 0.25) is 0 Å². The first-order valence-electron chi connectivity index (χ1n) is 8.18. The normalized spacial score (nSPS) is 17.9. The smallest absolute Gasteiger partial charge is 0.0791 e. The summed E-state index contributed by atoms with van der Waals surface area (Å²) in [7, 11) is 0. The number of hydrogen-bond donors (Lipinski definition) is 1. The summed E-state index contributed by atoms with van der Waals surface area (Å²) in [5.74, 6) is 0. The highest BCUT2D eigenvalue weighted by Crippen LogP contribution is 2.27. The monoisotopic (exact) mass is 296 g/mol. The Balaban J connectivity index is 1.94. The van der Waals surface area contributed by atoms with Crippen LogP contribution >= 0.6 is 0 Å². The molecular formula is C18H24N4. The van der Waals surface area contributed by atoms with Gasteiger partial charge in [-0.15, -0.1) is 0 Å². The molecule has 3 heterocycles. The van der Waals surface area contributed by atoms with E-state index in [1.807, 2.05) is 24.7 Å². The fourth-order valence-electron chi connectivity index (χ4n) is 3.04. The number of pyridine rings is 2. The van der Waals surface area contributed by atoms with Crippen molar-refractivity contribution in [2.24, 2.45) is 0 Å². The van der Waals surface area contributed by atoms with Crippen molar-refractivity contribution >= 4 is 0 Å². The summed E-state index contributed by atoms with van der Waals surface area (Å²) in [5.41, 5.74) is 3.62. The SMILES string of the molecule is CCc1ccc(C(c2cccnc2)N2CCCNCC2)nc1. The van der Waals surface area contributed by atoms with Crippen molar-refractivity contribution in [2.45, 2.75) is 25.8 Å². The molecular weight excluding hydrogens is 272 g/mol. The molecule has 1 atom stereocenters. The molecule has 1 aliphatic heterocycles. The van der Waals surface area contributed by atoms with Crippen LogP contribution in [0.4, 0.5) is 0 Å². The van der Waals surface area contributed by atoms with Crippen LogP contribution < -0.4 is 5.32 Å². The highest BCUT2D eigenvalue weighted by atomic mass is 15.2. The standard InChI is InChI=1S/C18H24N4/c1-2-15-6-7-17(21-13-15)18(16-5-3-8-20-14-16)22-11-4-9-19-10-12-22/h3,5-8,13-14,18-19H,2,4,9-12H2,1H3. The Morgan fingerprint density at radius 1 is 1.18 bits per heavy atom. The van der Waals surface area contributed by atoms with Crippen LogP contribution in [-0.2, 0) is 6.42 Å². The van der Waals surface area contributed by atoms with Crippen LogP contribution in [0.1, 0.15) is 36.2 Å². The zero-order valence-corrected chi connectivity index (χ0v) is 13.2. The summed E-state index contributed by atoms with van der Waals surface area (Å²) in [4.78, 5) is 11.6. The van der Waals surface area contributed by atoms with Gasteiger partial charge in [-0.25, -0.2) is 0 Å². The van der Waals surface area contributed by atoms with Crippen molar-refractivity contribution in [3.05, 3.63) is 59.7 Å². The van der Waals surface area contributed by atoms with Gasteiger partial charge in [-0.05, 0) is 42.6 Å². The molecule has 1 N–H and O–H groups in total. The lowest BCUT2D eigenvalue weighted by molar-refractivity contribution is 0.237. The summed E-state index contributed by atoms with van der Waals surface area (Å²) >= 11 is 0. The van der Waals surface area contributed by atoms with E-state index < -0.39 is 0 Å². The van der Waals surface area contributed by atoms with Crippen LogP contribution in [0.15, 0.2) is 42.9 Å². The molecule has 2 aromatic rings. The number of aryl methyl sites for hydroxylation is 1. The van der Waals surface area contributed by atoms with Gasteiger partial charge in [0, 0.05) is 38.2 Å². The second-order valence-electron chi connectivity index (χ2n) is 5.77. The minimum absolute atomic E-state index is 0.194. The van der Waals surface area contributed by atoms with E-state index in [-0.39, 0.29) is 6.04 Å². The van der Waals surface area contributed by atoms with E-state index in [0.717, 1.165) is 38.3 Å². The molecule has 116 valence electrons. The molecule has 2 aromatic heterocycles. The highest BCUT2D eigenvalue weighted by molar-refractivity contribution is 5.27. The van der Waals surface area contributed by atoms with E-state index in [9.17, 15) is 0 Å². The fraction of sp³-hybridized carbons (Fsp3) is 0.444. The molecule has 0 aliphatic carbocycles. The van der Waals surface area contributed by atoms with Crippen LogP contribution in [0.25, 0.3) is 0 Å². The van der Waals surface area contributed by atoms with Gasteiger partial charge in [-0.2, -0.15) is 0 Å². The van der Waals surface area contributed by atoms with E-state index in [2.05, 4.69) is 40.3 Å². The van der Waals surface area contributed by atoms with E-state index in [0.29, 0.717) is 0 Å². The van der Waals surface area contributed by atoms with Crippen molar-refractivity contribution in [1.29, 1.82) is 0 Å². The topological polar surface area (TPSA) is 41.1 Å². The zero-order chi connectivity index (χ0) is 15.2. The Kier molecular flexibility index (Phi) is 5.14. The van der Waals surface area contributed by atoms with E-state index in [1.54, 1.807) is 0 Å². The molecule has 1 aliphatic rings. The van der Waals surface area contributed by atoms with Gasteiger partial charge in [0.15, 0.2) is 0 Å². The van der Waals surface area contributed by atoms with Crippen molar-refractivity contribution in [2.75, 3.05) is 26.2 Å². The Labute approximate surface area is 132 Å². The second-order valence-corrected chi connectivity index (χ2v) is 5.77. The van der Waals surface area contributed by atoms with Gasteiger partial charge in [0.25, 0.3) is 0 Å². The first-order chi connectivity index (χ1) is 10.9. The maximum Gasteiger partial charge on any atom is 0.0791 e. The Morgan fingerprint density at radius 3 is 2.86 bits per heavy atom. The van der Waals surface area contributed by atoms with Crippen molar-refractivity contribution < 1.29 is 0 Å². The lowest BCUT2D eigenvalue weighted by atomic mass is 10.0. The third-order valence-corrected chi connectivity index (χ3v) is 4.28. The number of hydrogen-bond acceptors (Lipinski definition) is 4. The Morgan fingerprint density at radius 2 is 2.14 bits per heavy atom. The molecule has 0 spiro atoms. The van der Waals surface area contributed by atoms with Gasteiger partial charge < -0.3 is 5.32 Å². The quantitative estimate of drug-likeness (QED) is 0.941. The number of nitrogens with one attached hydrogen (secondary N) is 1. The van der Waals surface area contributed by atoms with Gasteiger partial charge in [0.1, 0.15) is 0 Å². The number of rotatable bonds is 4. The van der Waals surface area contributed by atoms with Crippen molar-refractivity contribution in [3.8, 4) is 0 Å².